The van der Waals surface area contributed by atoms with Gasteiger partial charge in [0.15, 0.2) is 0 Å². The summed E-state index contributed by atoms with van der Waals surface area (Å²) >= 11 is 3.08. The summed E-state index contributed by atoms with van der Waals surface area (Å²) in [5, 5.41) is 15.7. The van der Waals surface area contributed by atoms with E-state index < -0.39 is 36.1 Å². The molecule has 2 aromatic carbocycles. The fraction of sp³-hybridized carbons (Fsp3) is 0.167. The van der Waals surface area contributed by atoms with E-state index in [1.54, 1.807) is 0 Å². The minimum atomic E-state index is -4.72. The molecule has 1 atom stereocenters. The highest BCUT2D eigenvalue weighted by Gasteiger charge is 2.45. The van der Waals surface area contributed by atoms with Crippen LogP contribution in [0, 0.1) is 17.1 Å². The molecule has 1 unspecified atom stereocenters. The number of hydrazone groups is 1. The number of benzene rings is 2. The van der Waals surface area contributed by atoms with Gasteiger partial charge in [-0.05, 0) is 36.4 Å². The zero-order chi connectivity index (χ0) is 20.5. The Balaban J connectivity index is 1.93. The first-order valence-electron chi connectivity index (χ1n) is 7.89. The normalized spacial score (nSPS) is 16.5. The molecule has 144 valence electrons. The van der Waals surface area contributed by atoms with Crippen molar-refractivity contribution in [2.45, 2.75) is 18.6 Å². The number of hydrogen-bond acceptors (Lipinski definition) is 4. The van der Waals surface area contributed by atoms with E-state index in [-0.39, 0.29) is 16.9 Å². The second-order valence-electron chi connectivity index (χ2n) is 5.88. The predicted octanol–water partition coefficient (Wildman–Crippen LogP) is 4.60. The number of carbonyl (C=O) groups excluding carboxylic acids is 1. The van der Waals surface area contributed by atoms with Gasteiger partial charge in [-0.3, -0.25) is 9.80 Å². The quantitative estimate of drug-likeness (QED) is 0.689. The molecule has 0 aliphatic carbocycles. The van der Waals surface area contributed by atoms with Gasteiger partial charge in [-0.2, -0.15) is 23.5 Å². The Bertz CT molecular complexity index is 1000. The summed E-state index contributed by atoms with van der Waals surface area (Å²) in [5.74, 6) is -1.60. The first kappa shape index (κ1) is 19.8. The standard InChI is InChI=1S/C18H11BrF4N4O/c19-11-4-5-14(13(20)7-11)25-17(28)15-8-16(18(21,22)23)26-27(15)12-3-1-2-10(6-12)9-24/h1-7,15H,8H2,(H,25,28). The van der Waals surface area contributed by atoms with Gasteiger partial charge >= 0.3 is 6.18 Å². The largest absolute Gasteiger partial charge is 0.431 e. The molecule has 1 aliphatic heterocycles. The Morgan fingerprint density at radius 3 is 2.68 bits per heavy atom. The molecule has 0 saturated heterocycles. The van der Waals surface area contributed by atoms with E-state index in [1.807, 2.05) is 6.07 Å². The predicted molar refractivity (Wildman–Crippen MR) is 98.3 cm³/mol. The van der Waals surface area contributed by atoms with E-state index in [9.17, 15) is 22.4 Å². The van der Waals surface area contributed by atoms with Crippen molar-refractivity contribution in [2.75, 3.05) is 10.3 Å². The molecule has 1 amide bonds. The SMILES string of the molecule is N#Cc1cccc(N2N=C(C(F)(F)F)CC2C(=O)Nc2ccc(Br)cc2F)c1. The van der Waals surface area contributed by atoms with Crippen molar-refractivity contribution >= 4 is 38.9 Å². The Morgan fingerprint density at radius 2 is 2.04 bits per heavy atom. The lowest BCUT2D eigenvalue weighted by Crippen LogP contribution is -2.39. The number of alkyl halides is 3. The van der Waals surface area contributed by atoms with Gasteiger partial charge in [0.2, 0.25) is 5.91 Å². The lowest BCUT2D eigenvalue weighted by molar-refractivity contribution is -0.117. The van der Waals surface area contributed by atoms with Crippen LogP contribution in [-0.4, -0.2) is 23.8 Å². The van der Waals surface area contributed by atoms with E-state index in [0.29, 0.717) is 4.47 Å². The number of rotatable bonds is 3. The maximum Gasteiger partial charge on any atom is 0.431 e. The summed E-state index contributed by atoms with van der Waals surface area (Å²) in [5.41, 5.74) is -0.952. The highest BCUT2D eigenvalue weighted by atomic mass is 79.9. The van der Waals surface area contributed by atoms with Gasteiger partial charge in [0.1, 0.15) is 17.6 Å². The van der Waals surface area contributed by atoms with Crippen LogP contribution in [-0.2, 0) is 4.79 Å². The maximum atomic E-state index is 14.0. The molecule has 1 N–H and O–H groups in total. The lowest BCUT2D eigenvalue weighted by atomic mass is 10.1. The van der Waals surface area contributed by atoms with Gasteiger partial charge < -0.3 is 5.32 Å². The average molecular weight is 455 g/mol. The number of anilines is 2. The van der Waals surface area contributed by atoms with Crippen molar-refractivity contribution in [1.82, 2.24) is 0 Å². The van der Waals surface area contributed by atoms with Crippen LogP contribution in [0.5, 0.6) is 0 Å². The molecule has 5 nitrogen and oxygen atoms in total. The van der Waals surface area contributed by atoms with Crippen molar-refractivity contribution in [3.8, 4) is 6.07 Å². The second kappa shape index (κ2) is 7.59. The Hall–Kier alpha value is -2.93. The summed E-state index contributed by atoms with van der Waals surface area (Å²) in [4.78, 5) is 12.6. The van der Waals surface area contributed by atoms with Gasteiger partial charge in [0.05, 0.1) is 23.0 Å². The van der Waals surface area contributed by atoms with Gasteiger partial charge in [-0.1, -0.05) is 22.0 Å². The molecule has 0 spiro atoms. The van der Waals surface area contributed by atoms with Crippen LogP contribution in [0.2, 0.25) is 0 Å². The number of carbonyl (C=O) groups is 1. The third-order valence-corrected chi connectivity index (χ3v) is 4.46. The molecule has 0 fully saturated rings. The lowest BCUT2D eigenvalue weighted by Gasteiger charge is -2.23. The summed E-state index contributed by atoms with van der Waals surface area (Å²) in [6.07, 6.45) is -5.42. The van der Waals surface area contributed by atoms with Crippen LogP contribution in [0.25, 0.3) is 0 Å². The van der Waals surface area contributed by atoms with Gasteiger partial charge in [0, 0.05) is 10.9 Å². The average Bonchev–Trinajstić information content (AvgIpc) is 3.10. The third kappa shape index (κ3) is 4.14. The molecular weight excluding hydrogens is 444 g/mol. The number of halogens is 5. The zero-order valence-corrected chi connectivity index (χ0v) is 15.6. The van der Waals surface area contributed by atoms with Crippen LogP contribution in [0.3, 0.4) is 0 Å². The smallest absolute Gasteiger partial charge is 0.322 e. The van der Waals surface area contributed by atoms with E-state index in [2.05, 4.69) is 26.3 Å². The van der Waals surface area contributed by atoms with Crippen LogP contribution < -0.4 is 10.3 Å². The Morgan fingerprint density at radius 1 is 1.29 bits per heavy atom. The van der Waals surface area contributed by atoms with Crippen LogP contribution in [0.15, 0.2) is 52.0 Å². The molecule has 10 heteroatoms. The van der Waals surface area contributed by atoms with E-state index >= 15 is 0 Å². The van der Waals surface area contributed by atoms with E-state index in [0.717, 1.165) is 11.1 Å². The number of hydrogen-bond donors (Lipinski definition) is 1. The molecule has 1 heterocycles. The third-order valence-electron chi connectivity index (χ3n) is 3.97. The van der Waals surface area contributed by atoms with Crippen molar-refractivity contribution in [3.05, 3.63) is 58.3 Å². The highest BCUT2D eigenvalue weighted by Crippen LogP contribution is 2.32. The van der Waals surface area contributed by atoms with Crippen molar-refractivity contribution in [1.29, 1.82) is 5.26 Å². The summed E-state index contributed by atoms with van der Waals surface area (Å²) < 4.78 is 53.9. The number of nitrogens with zero attached hydrogens (tertiary/aromatic N) is 3. The topological polar surface area (TPSA) is 68.5 Å². The zero-order valence-electron chi connectivity index (χ0n) is 14.0. The van der Waals surface area contributed by atoms with Gasteiger partial charge in [0.25, 0.3) is 0 Å². The Labute approximate surface area is 165 Å². The first-order valence-corrected chi connectivity index (χ1v) is 8.68. The number of nitriles is 1. The fourth-order valence-corrected chi connectivity index (χ4v) is 2.98. The molecule has 0 aromatic heterocycles. The van der Waals surface area contributed by atoms with Crippen molar-refractivity contribution in [3.63, 3.8) is 0 Å². The summed E-state index contributed by atoms with van der Waals surface area (Å²) in [7, 11) is 0. The molecule has 3 rings (SSSR count). The van der Waals surface area contributed by atoms with Crippen LogP contribution in [0.4, 0.5) is 28.9 Å². The van der Waals surface area contributed by atoms with Crippen LogP contribution in [0.1, 0.15) is 12.0 Å². The van der Waals surface area contributed by atoms with Crippen molar-refractivity contribution < 1.29 is 22.4 Å². The summed E-state index contributed by atoms with van der Waals surface area (Å²) in [6, 6.07) is 10.1. The van der Waals surface area contributed by atoms with E-state index in [1.165, 1.54) is 36.4 Å². The molecule has 1 aliphatic rings. The first-order chi connectivity index (χ1) is 13.2. The monoisotopic (exact) mass is 454 g/mol. The van der Waals surface area contributed by atoms with Gasteiger partial charge in [-0.15, -0.1) is 0 Å². The van der Waals surface area contributed by atoms with Crippen LogP contribution >= 0.6 is 15.9 Å². The molecule has 28 heavy (non-hydrogen) atoms. The molecule has 0 bridgehead atoms. The minimum Gasteiger partial charge on any atom is -0.322 e. The molecule has 0 saturated carbocycles. The fourth-order valence-electron chi connectivity index (χ4n) is 2.65. The van der Waals surface area contributed by atoms with Gasteiger partial charge in [-0.25, -0.2) is 4.39 Å². The molecular formula is C18H11BrF4N4O. The van der Waals surface area contributed by atoms with E-state index in [4.69, 9.17) is 5.26 Å². The second-order valence-corrected chi connectivity index (χ2v) is 6.80. The maximum absolute atomic E-state index is 14.0. The van der Waals surface area contributed by atoms with Crippen molar-refractivity contribution in [2.24, 2.45) is 5.10 Å². The Kier molecular flexibility index (Phi) is 5.38. The highest BCUT2D eigenvalue weighted by molar-refractivity contribution is 9.10. The molecule has 0 radical (unpaired) electrons. The summed E-state index contributed by atoms with van der Waals surface area (Å²) in [6.45, 7) is 0. The number of amides is 1. The minimum absolute atomic E-state index is 0.148. The number of nitrogens with one attached hydrogen (secondary N) is 1. The molecule has 2 aromatic rings.